The number of hydrogen-bond acceptors (Lipinski definition) is 4. The van der Waals surface area contributed by atoms with Crippen LogP contribution in [0, 0.1) is 11.3 Å². The number of aromatic amines is 1. The zero-order valence-corrected chi connectivity index (χ0v) is 7.33. The highest BCUT2D eigenvalue weighted by molar-refractivity contribution is 5.49. The molecule has 0 aromatic carbocycles. The molecule has 0 aliphatic carbocycles. The summed E-state index contributed by atoms with van der Waals surface area (Å²) in [6.07, 6.45) is 0. The van der Waals surface area contributed by atoms with Crippen LogP contribution in [0.4, 0.5) is 5.82 Å². The molecule has 0 saturated heterocycles. The zero-order valence-electron chi connectivity index (χ0n) is 7.33. The van der Waals surface area contributed by atoms with Gasteiger partial charge in [0.15, 0.2) is 5.56 Å². The van der Waals surface area contributed by atoms with E-state index in [0.29, 0.717) is 5.82 Å². The van der Waals surface area contributed by atoms with Gasteiger partial charge in [-0.3, -0.25) is 4.79 Å². The molecule has 0 radical (unpaired) electrons. The summed E-state index contributed by atoms with van der Waals surface area (Å²) in [5.41, 5.74) is -0.836. The number of anilines is 1. The number of H-pyrrole nitrogens is 1. The van der Waals surface area contributed by atoms with Crippen molar-refractivity contribution in [2.75, 3.05) is 19.0 Å². The lowest BCUT2D eigenvalue weighted by Gasteiger charge is -2.11. The summed E-state index contributed by atoms with van der Waals surface area (Å²) < 4.78 is 0. The van der Waals surface area contributed by atoms with E-state index in [0.717, 1.165) is 0 Å². The Labute approximate surface area is 74.9 Å². The minimum atomic E-state index is -0.578. The Balaban J connectivity index is 3.40. The fourth-order valence-electron chi connectivity index (χ4n) is 0.882. The largest absolute Gasteiger partial charge is 0.506 e. The van der Waals surface area contributed by atoms with Gasteiger partial charge in [-0.2, -0.15) is 5.26 Å². The number of aromatic hydroxyl groups is 1. The smallest absolute Gasteiger partial charge is 0.271 e. The van der Waals surface area contributed by atoms with Gasteiger partial charge in [0.1, 0.15) is 17.6 Å². The summed E-state index contributed by atoms with van der Waals surface area (Å²) in [4.78, 5) is 15.2. The third kappa shape index (κ3) is 1.62. The van der Waals surface area contributed by atoms with E-state index in [2.05, 4.69) is 4.98 Å². The fraction of sp³-hybridized carbons (Fsp3) is 0.250. The van der Waals surface area contributed by atoms with E-state index in [1.54, 1.807) is 25.1 Å². The van der Waals surface area contributed by atoms with Gasteiger partial charge in [-0.25, -0.2) is 0 Å². The van der Waals surface area contributed by atoms with E-state index < -0.39 is 5.56 Å². The van der Waals surface area contributed by atoms with Crippen molar-refractivity contribution in [3.05, 3.63) is 22.0 Å². The van der Waals surface area contributed by atoms with Crippen LogP contribution in [0.3, 0.4) is 0 Å². The molecule has 1 heterocycles. The van der Waals surface area contributed by atoms with E-state index in [1.165, 1.54) is 6.07 Å². The Hall–Kier alpha value is -1.96. The molecule has 2 N–H and O–H groups in total. The van der Waals surface area contributed by atoms with Crippen molar-refractivity contribution in [1.82, 2.24) is 4.98 Å². The Morgan fingerprint density at radius 3 is 2.62 bits per heavy atom. The Kier molecular flexibility index (Phi) is 2.24. The van der Waals surface area contributed by atoms with Crippen molar-refractivity contribution < 1.29 is 5.11 Å². The second kappa shape index (κ2) is 3.19. The average molecular weight is 179 g/mol. The summed E-state index contributed by atoms with van der Waals surface area (Å²) in [6.45, 7) is 0. The van der Waals surface area contributed by atoms with E-state index in [4.69, 9.17) is 5.26 Å². The van der Waals surface area contributed by atoms with E-state index >= 15 is 0 Å². The monoisotopic (exact) mass is 179 g/mol. The Morgan fingerprint density at radius 2 is 2.23 bits per heavy atom. The predicted octanol–water partition coefficient (Wildman–Crippen LogP) is 0.0182. The van der Waals surface area contributed by atoms with Crippen LogP contribution in [0.5, 0.6) is 5.75 Å². The van der Waals surface area contributed by atoms with Gasteiger partial charge < -0.3 is 15.0 Å². The third-order valence-electron chi connectivity index (χ3n) is 1.59. The normalized spacial score (nSPS) is 9.31. The molecule has 0 unspecified atom stereocenters. The van der Waals surface area contributed by atoms with Crippen molar-refractivity contribution >= 4 is 5.82 Å². The molecule has 0 spiro atoms. The summed E-state index contributed by atoms with van der Waals surface area (Å²) in [7, 11) is 3.44. The molecular formula is C8H9N3O2. The second-order valence-electron chi connectivity index (χ2n) is 2.75. The number of aromatic nitrogens is 1. The number of nitrogens with one attached hydrogen (secondary N) is 1. The molecular weight excluding hydrogens is 170 g/mol. The van der Waals surface area contributed by atoms with Crippen molar-refractivity contribution in [2.45, 2.75) is 0 Å². The molecule has 1 aromatic rings. The van der Waals surface area contributed by atoms with Gasteiger partial charge in [0.2, 0.25) is 0 Å². The summed E-state index contributed by atoms with van der Waals surface area (Å²) in [5.74, 6) is 0.163. The van der Waals surface area contributed by atoms with Crippen LogP contribution in [0.25, 0.3) is 0 Å². The maximum absolute atomic E-state index is 11.1. The standard InChI is InChI=1S/C8H9N3O2/c1-11(2)7-3-6(12)5(4-9)8(13)10-7/h3H,1-2H3,(H2,10,12,13). The van der Waals surface area contributed by atoms with E-state index in [-0.39, 0.29) is 11.3 Å². The van der Waals surface area contributed by atoms with Gasteiger partial charge in [-0.1, -0.05) is 0 Å². The molecule has 1 aromatic heterocycles. The molecule has 0 amide bonds. The lowest BCUT2D eigenvalue weighted by atomic mass is 10.2. The van der Waals surface area contributed by atoms with Crippen molar-refractivity contribution in [1.29, 1.82) is 5.26 Å². The molecule has 5 nitrogen and oxygen atoms in total. The van der Waals surface area contributed by atoms with Crippen LogP contribution in [0.1, 0.15) is 5.56 Å². The highest BCUT2D eigenvalue weighted by Gasteiger charge is 2.08. The highest BCUT2D eigenvalue weighted by Crippen LogP contribution is 2.16. The molecule has 5 heteroatoms. The molecule has 0 aliphatic rings. The topological polar surface area (TPSA) is 80.1 Å². The minimum Gasteiger partial charge on any atom is -0.506 e. The van der Waals surface area contributed by atoms with Gasteiger partial charge >= 0.3 is 0 Å². The summed E-state index contributed by atoms with van der Waals surface area (Å²) in [5, 5.41) is 17.7. The molecule has 0 bridgehead atoms. The first kappa shape index (κ1) is 9.13. The van der Waals surface area contributed by atoms with Crippen LogP contribution in [0.15, 0.2) is 10.9 Å². The molecule has 0 atom stereocenters. The van der Waals surface area contributed by atoms with Gasteiger partial charge in [0, 0.05) is 20.2 Å². The maximum atomic E-state index is 11.1. The number of nitriles is 1. The summed E-state index contributed by atoms with van der Waals surface area (Å²) >= 11 is 0. The first-order chi connectivity index (χ1) is 6.06. The van der Waals surface area contributed by atoms with Crippen molar-refractivity contribution in [3.8, 4) is 11.8 Å². The van der Waals surface area contributed by atoms with Crippen LogP contribution < -0.4 is 10.5 Å². The minimum absolute atomic E-state index is 0.259. The number of nitrogens with zero attached hydrogens (tertiary/aromatic N) is 2. The fourth-order valence-corrected chi connectivity index (χ4v) is 0.882. The predicted molar refractivity (Wildman–Crippen MR) is 47.8 cm³/mol. The highest BCUT2D eigenvalue weighted by atomic mass is 16.3. The van der Waals surface area contributed by atoms with Crippen LogP contribution >= 0.6 is 0 Å². The lowest BCUT2D eigenvalue weighted by molar-refractivity contribution is 0.472. The number of rotatable bonds is 1. The Morgan fingerprint density at radius 1 is 1.62 bits per heavy atom. The molecule has 68 valence electrons. The van der Waals surface area contributed by atoms with E-state index in [1.807, 2.05) is 0 Å². The van der Waals surface area contributed by atoms with E-state index in [9.17, 15) is 9.90 Å². The quantitative estimate of drug-likeness (QED) is 0.636. The Bertz CT molecular complexity index is 414. The van der Waals surface area contributed by atoms with Gasteiger partial charge in [-0.05, 0) is 0 Å². The average Bonchev–Trinajstić information content (AvgIpc) is 2.03. The molecule has 0 aliphatic heterocycles. The summed E-state index contributed by atoms with van der Waals surface area (Å²) in [6, 6.07) is 2.95. The molecule has 0 fully saturated rings. The number of hydrogen-bond donors (Lipinski definition) is 2. The van der Waals surface area contributed by atoms with Crippen LogP contribution in [-0.2, 0) is 0 Å². The maximum Gasteiger partial charge on any atom is 0.271 e. The lowest BCUT2D eigenvalue weighted by Crippen LogP contribution is -2.18. The SMILES string of the molecule is CN(C)c1cc(O)c(C#N)c(=O)[nH]1. The van der Waals surface area contributed by atoms with Crippen LogP contribution in [0.2, 0.25) is 0 Å². The van der Waals surface area contributed by atoms with Crippen molar-refractivity contribution in [3.63, 3.8) is 0 Å². The molecule has 1 rings (SSSR count). The first-order valence-corrected chi connectivity index (χ1v) is 3.60. The van der Waals surface area contributed by atoms with Gasteiger partial charge in [0.05, 0.1) is 0 Å². The first-order valence-electron chi connectivity index (χ1n) is 3.60. The molecule has 13 heavy (non-hydrogen) atoms. The van der Waals surface area contributed by atoms with Gasteiger partial charge in [-0.15, -0.1) is 0 Å². The number of pyridine rings is 1. The van der Waals surface area contributed by atoms with Crippen molar-refractivity contribution in [2.24, 2.45) is 0 Å². The van der Waals surface area contributed by atoms with Crippen LogP contribution in [-0.4, -0.2) is 24.2 Å². The van der Waals surface area contributed by atoms with Gasteiger partial charge in [0.25, 0.3) is 5.56 Å². The third-order valence-corrected chi connectivity index (χ3v) is 1.59. The molecule has 0 saturated carbocycles. The zero-order chi connectivity index (χ0) is 10.0. The second-order valence-corrected chi connectivity index (χ2v) is 2.75.